The average molecular weight is 513 g/mol. The van der Waals surface area contributed by atoms with Gasteiger partial charge in [0.25, 0.3) is 0 Å². The summed E-state index contributed by atoms with van der Waals surface area (Å²) in [5.74, 6) is -0.0484. The van der Waals surface area contributed by atoms with Gasteiger partial charge in [0.1, 0.15) is 5.84 Å². The maximum absolute atomic E-state index is 13.5. The predicted octanol–water partition coefficient (Wildman–Crippen LogP) is 5.28. The second-order valence-electron chi connectivity index (χ2n) is 8.73. The van der Waals surface area contributed by atoms with Gasteiger partial charge in [-0.3, -0.25) is 5.41 Å². The lowest BCUT2D eigenvalue weighted by atomic mass is 10.1. The molecule has 4 rings (SSSR count). The van der Waals surface area contributed by atoms with Gasteiger partial charge in [-0.05, 0) is 34.9 Å². The maximum Gasteiger partial charge on any atom is 0.322 e. The van der Waals surface area contributed by atoms with Gasteiger partial charge in [0, 0.05) is 36.2 Å². The Morgan fingerprint density at radius 2 is 1.46 bits per heavy atom. The number of benzene rings is 4. The normalized spacial score (nSPS) is 11.1. The number of hydrogen-bond acceptors (Lipinski definition) is 4. The molecule has 4 N–H and O–H groups in total. The van der Waals surface area contributed by atoms with Crippen molar-refractivity contribution in [1.82, 2.24) is 4.90 Å². The Bertz CT molecular complexity index is 1520. The molecule has 2 amide bonds. The number of anilines is 1. The molecule has 0 fully saturated rings. The van der Waals surface area contributed by atoms with E-state index in [1.54, 1.807) is 35.2 Å². The summed E-state index contributed by atoms with van der Waals surface area (Å²) in [5.41, 5.74) is 9.70. The summed E-state index contributed by atoms with van der Waals surface area (Å²) < 4.78 is 25.2. The molecule has 0 radical (unpaired) electrons. The zero-order valence-corrected chi connectivity index (χ0v) is 21.2. The van der Waals surface area contributed by atoms with Crippen LogP contribution >= 0.6 is 0 Å². The molecule has 0 aliphatic heterocycles. The molecule has 0 heterocycles. The fraction of sp³-hybridized carbons (Fsp3) is 0.103. The van der Waals surface area contributed by atoms with Gasteiger partial charge in [0.05, 0.1) is 4.90 Å². The zero-order valence-electron chi connectivity index (χ0n) is 20.4. The summed E-state index contributed by atoms with van der Waals surface area (Å²) in [7, 11) is -3.57. The Balaban J connectivity index is 1.64. The number of nitrogens with zero attached hydrogens (tertiary/aromatic N) is 1. The van der Waals surface area contributed by atoms with Crippen molar-refractivity contribution in [3.8, 4) is 11.1 Å². The Labute approximate surface area is 217 Å². The molecular formula is C29H28N4O3S. The van der Waals surface area contributed by atoms with Crippen LogP contribution in [-0.4, -0.2) is 31.4 Å². The highest BCUT2D eigenvalue weighted by molar-refractivity contribution is 7.90. The lowest BCUT2D eigenvalue weighted by Crippen LogP contribution is -2.34. The molecule has 4 aromatic carbocycles. The van der Waals surface area contributed by atoms with E-state index in [9.17, 15) is 13.2 Å². The molecule has 0 saturated carbocycles. The quantitative estimate of drug-likeness (QED) is 0.220. The summed E-state index contributed by atoms with van der Waals surface area (Å²) in [6.45, 7) is 0.598. The lowest BCUT2D eigenvalue weighted by molar-refractivity contribution is 0.206. The van der Waals surface area contributed by atoms with Gasteiger partial charge in [-0.25, -0.2) is 13.2 Å². The summed E-state index contributed by atoms with van der Waals surface area (Å²) in [6, 6.07) is 30.5. The van der Waals surface area contributed by atoms with E-state index in [0.29, 0.717) is 23.4 Å². The van der Waals surface area contributed by atoms with Gasteiger partial charge in [0.2, 0.25) is 0 Å². The van der Waals surface area contributed by atoms with Crippen LogP contribution in [0.2, 0.25) is 0 Å². The predicted molar refractivity (Wildman–Crippen MR) is 147 cm³/mol. The maximum atomic E-state index is 13.5. The standard InChI is InChI=1S/C29H28N4O3S/c1-37(35,36)27-18-25(15-16-26(27)23-12-6-3-7-13-23)32-29(34)33(19-21-9-4-2-5-10-21)20-22-11-8-14-24(17-22)28(30)31/h2-18H,19-20H2,1H3,(H3,30,31)(H,32,34). The third kappa shape index (κ3) is 6.62. The van der Waals surface area contributed by atoms with Gasteiger partial charge in [-0.2, -0.15) is 0 Å². The van der Waals surface area contributed by atoms with Crippen LogP contribution in [-0.2, 0) is 22.9 Å². The molecule has 0 atom stereocenters. The van der Waals surface area contributed by atoms with Crippen LogP contribution < -0.4 is 11.1 Å². The molecule has 37 heavy (non-hydrogen) atoms. The van der Waals surface area contributed by atoms with E-state index in [4.69, 9.17) is 11.1 Å². The number of rotatable bonds is 8. The average Bonchev–Trinajstić information content (AvgIpc) is 2.89. The monoisotopic (exact) mass is 512 g/mol. The number of amides is 2. The highest BCUT2D eigenvalue weighted by atomic mass is 32.2. The van der Waals surface area contributed by atoms with Gasteiger partial charge >= 0.3 is 6.03 Å². The van der Waals surface area contributed by atoms with E-state index in [1.807, 2.05) is 66.7 Å². The minimum Gasteiger partial charge on any atom is -0.384 e. The number of carbonyl (C=O) groups is 1. The third-order valence-electron chi connectivity index (χ3n) is 5.83. The number of nitrogen functional groups attached to an aromatic ring is 1. The third-order valence-corrected chi connectivity index (χ3v) is 6.97. The lowest BCUT2D eigenvalue weighted by Gasteiger charge is -2.24. The second-order valence-corrected chi connectivity index (χ2v) is 10.7. The summed E-state index contributed by atoms with van der Waals surface area (Å²) in [5, 5.41) is 10.6. The van der Waals surface area contributed by atoms with E-state index in [2.05, 4.69) is 5.32 Å². The molecule has 0 aliphatic rings. The number of hydrogen-bond donors (Lipinski definition) is 3. The highest BCUT2D eigenvalue weighted by Gasteiger charge is 2.19. The number of amidine groups is 1. The largest absolute Gasteiger partial charge is 0.384 e. The Kier molecular flexibility index (Phi) is 7.69. The summed E-state index contributed by atoms with van der Waals surface area (Å²) in [4.78, 5) is 15.2. The van der Waals surface area contributed by atoms with E-state index >= 15 is 0 Å². The minimum atomic E-state index is -3.57. The second kappa shape index (κ2) is 11.1. The van der Waals surface area contributed by atoms with Crippen LogP contribution in [0.1, 0.15) is 16.7 Å². The molecule has 0 saturated heterocycles. The topological polar surface area (TPSA) is 116 Å². The van der Waals surface area contributed by atoms with Crippen molar-refractivity contribution in [2.45, 2.75) is 18.0 Å². The SMILES string of the molecule is CS(=O)(=O)c1cc(NC(=O)N(Cc2ccccc2)Cc2cccc(C(=N)N)c2)ccc1-c1ccccc1. The van der Waals surface area contributed by atoms with Gasteiger partial charge in [-0.15, -0.1) is 0 Å². The number of urea groups is 1. The van der Waals surface area contributed by atoms with Crippen LogP contribution in [0.4, 0.5) is 10.5 Å². The first-order chi connectivity index (χ1) is 17.7. The van der Waals surface area contributed by atoms with Gasteiger partial charge in [0.15, 0.2) is 9.84 Å². The Morgan fingerprint density at radius 1 is 0.838 bits per heavy atom. The summed E-state index contributed by atoms with van der Waals surface area (Å²) >= 11 is 0. The summed E-state index contributed by atoms with van der Waals surface area (Å²) in [6.07, 6.45) is 1.16. The molecule has 0 aromatic heterocycles. The molecule has 0 unspecified atom stereocenters. The van der Waals surface area contributed by atoms with Crippen molar-refractivity contribution >= 4 is 27.4 Å². The van der Waals surface area contributed by atoms with Crippen LogP contribution in [0, 0.1) is 5.41 Å². The van der Waals surface area contributed by atoms with Gasteiger partial charge in [-0.1, -0.05) is 84.9 Å². The van der Waals surface area contributed by atoms with E-state index in [-0.39, 0.29) is 23.3 Å². The Morgan fingerprint density at radius 3 is 2.11 bits per heavy atom. The first-order valence-corrected chi connectivity index (χ1v) is 13.5. The smallest absolute Gasteiger partial charge is 0.322 e. The van der Waals surface area contributed by atoms with Crippen LogP contribution in [0.5, 0.6) is 0 Å². The first-order valence-electron chi connectivity index (χ1n) is 11.6. The van der Waals surface area contributed by atoms with Crippen LogP contribution in [0.25, 0.3) is 11.1 Å². The molecule has 188 valence electrons. The van der Waals surface area contributed by atoms with E-state index < -0.39 is 9.84 Å². The molecule has 4 aromatic rings. The number of nitrogens with two attached hydrogens (primary N) is 1. The van der Waals surface area contributed by atoms with Crippen LogP contribution in [0.15, 0.2) is 108 Å². The number of nitrogens with one attached hydrogen (secondary N) is 2. The highest BCUT2D eigenvalue weighted by Crippen LogP contribution is 2.30. The molecule has 0 spiro atoms. The fourth-order valence-corrected chi connectivity index (χ4v) is 4.95. The minimum absolute atomic E-state index is 0.0484. The molecule has 0 aliphatic carbocycles. The van der Waals surface area contributed by atoms with Crippen molar-refractivity contribution < 1.29 is 13.2 Å². The van der Waals surface area contributed by atoms with Crippen LogP contribution in [0.3, 0.4) is 0 Å². The van der Waals surface area contributed by atoms with E-state index in [0.717, 1.165) is 22.9 Å². The first kappa shape index (κ1) is 25.7. The van der Waals surface area contributed by atoms with Crippen molar-refractivity contribution in [2.24, 2.45) is 5.73 Å². The van der Waals surface area contributed by atoms with Crippen molar-refractivity contribution in [2.75, 3.05) is 11.6 Å². The van der Waals surface area contributed by atoms with Crippen molar-refractivity contribution in [3.05, 3.63) is 120 Å². The van der Waals surface area contributed by atoms with Crippen molar-refractivity contribution in [1.29, 1.82) is 5.41 Å². The van der Waals surface area contributed by atoms with Crippen molar-refractivity contribution in [3.63, 3.8) is 0 Å². The fourth-order valence-electron chi connectivity index (χ4n) is 4.03. The molecule has 0 bridgehead atoms. The Hall–Kier alpha value is -4.43. The molecular weight excluding hydrogens is 484 g/mol. The van der Waals surface area contributed by atoms with Gasteiger partial charge < -0.3 is 16.0 Å². The number of sulfone groups is 1. The van der Waals surface area contributed by atoms with E-state index in [1.165, 1.54) is 6.07 Å². The zero-order chi connectivity index (χ0) is 26.4. The molecule has 7 nitrogen and oxygen atoms in total. The number of carbonyl (C=O) groups excluding carboxylic acids is 1. The molecule has 8 heteroatoms.